The van der Waals surface area contributed by atoms with E-state index in [1.54, 1.807) is 0 Å². The first-order valence-electron chi connectivity index (χ1n) is 8.61. The maximum absolute atomic E-state index is 6.09. The third-order valence-corrected chi connectivity index (χ3v) is 5.19. The Morgan fingerprint density at radius 3 is 2.68 bits per heavy atom. The molecule has 2 N–H and O–H groups in total. The number of aromatic nitrogens is 1. The van der Waals surface area contributed by atoms with Crippen LogP contribution in [0.5, 0.6) is 11.5 Å². The summed E-state index contributed by atoms with van der Waals surface area (Å²) in [4.78, 5) is 9.64. The van der Waals surface area contributed by atoms with Gasteiger partial charge in [0.1, 0.15) is 18.1 Å². The van der Waals surface area contributed by atoms with Crippen LogP contribution in [0.1, 0.15) is 35.7 Å². The maximum atomic E-state index is 6.09. The monoisotopic (exact) mass is 337 g/mol. The Morgan fingerprint density at radius 2 is 1.88 bits per heavy atom. The lowest BCUT2D eigenvalue weighted by atomic mass is 9.84. The van der Waals surface area contributed by atoms with Gasteiger partial charge in [0.15, 0.2) is 11.3 Å². The molecule has 0 amide bonds. The van der Waals surface area contributed by atoms with Crippen molar-refractivity contribution in [1.29, 1.82) is 0 Å². The van der Waals surface area contributed by atoms with Crippen molar-refractivity contribution in [3.63, 3.8) is 0 Å². The zero-order chi connectivity index (χ0) is 16.9. The number of nitrogens with two attached hydrogens (primary N) is 1. The molecule has 0 radical (unpaired) electrons. The molecule has 3 aliphatic rings. The number of nitrogens with zero attached hydrogens (tertiary/aromatic N) is 2. The quantitative estimate of drug-likeness (QED) is 0.865. The van der Waals surface area contributed by atoms with Gasteiger partial charge in [0.05, 0.1) is 0 Å². The molecule has 1 fully saturated rings. The number of benzene rings is 1. The third kappa shape index (κ3) is 2.21. The molecule has 1 atom stereocenters. The lowest BCUT2D eigenvalue weighted by Gasteiger charge is -2.33. The highest BCUT2D eigenvalue weighted by molar-refractivity contribution is 5.76. The van der Waals surface area contributed by atoms with Gasteiger partial charge in [-0.3, -0.25) is 4.98 Å². The largest absolute Gasteiger partial charge is 0.462 e. The van der Waals surface area contributed by atoms with Crippen molar-refractivity contribution < 1.29 is 14.2 Å². The van der Waals surface area contributed by atoms with E-state index in [9.17, 15) is 0 Å². The summed E-state index contributed by atoms with van der Waals surface area (Å²) in [6.45, 7) is 1.90. The number of hydrogen-bond donors (Lipinski definition) is 1. The average molecular weight is 337 g/mol. The van der Waals surface area contributed by atoms with Gasteiger partial charge in [0.25, 0.3) is 6.02 Å². The smallest absolute Gasteiger partial charge is 0.283 e. The van der Waals surface area contributed by atoms with E-state index < -0.39 is 5.54 Å². The van der Waals surface area contributed by atoms with Crippen LogP contribution in [0.2, 0.25) is 0 Å². The van der Waals surface area contributed by atoms with Crippen LogP contribution < -0.4 is 10.5 Å². The Balaban J connectivity index is 1.67. The third-order valence-electron chi connectivity index (χ3n) is 5.19. The number of amidine groups is 1. The van der Waals surface area contributed by atoms with Gasteiger partial charge in [0.2, 0.25) is 0 Å². The van der Waals surface area contributed by atoms with Crippen LogP contribution in [-0.4, -0.2) is 30.8 Å². The maximum Gasteiger partial charge on any atom is 0.283 e. The number of rotatable bonds is 1. The van der Waals surface area contributed by atoms with Gasteiger partial charge >= 0.3 is 0 Å². The summed E-state index contributed by atoms with van der Waals surface area (Å²) in [7, 11) is 0. The van der Waals surface area contributed by atoms with Gasteiger partial charge in [-0.15, -0.1) is 0 Å². The molecule has 1 aromatic carbocycles. The molecule has 0 aliphatic carbocycles. The summed E-state index contributed by atoms with van der Waals surface area (Å²) >= 11 is 0. The summed E-state index contributed by atoms with van der Waals surface area (Å²) in [6.07, 6.45) is 1.97. The SMILES string of the molecule is NC1=NC2(CO1)c1ccccc1Oc1ccc(C3CCOCC3)nc12. The minimum Gasteiger partial charge on any atom is -0.462 e. The highest BCUT2D eigenvalue weighted by atomic mass is 16.5. The van der Waals surface area contributed by atoms with Gasteiger partial charge in [-0.1, -0.05) is 18.2 Å². The molecule has 1 spiro atoms. The Bertz CT molecular complexity index is 861. The molecule has 3 aliphatic heterocycles. The van der Waals surface area contributed by atoms with Crippen LogP contribution >= 0.6 is 0 Å². The number of hydrogen-bond acceptors (Lipinski definition) is 6. The molecule has 1 unspecified atom stereocenters. The molecule has 25 heavy (non-hydrogen) atoms. The molecule has 1 saturated heterocycles. The minimum absolute atomic E-state index is 0.195. The fraction of sp³-hybridized carbons (Fsp3) is 0.368. The lowest BCUT2D eigenvalue weighted by molar-refractivity contribution is 0.0843. The van der Waals surface area contributed by atoms with Crippen molar-refractivity contribution in [2.24, 2.45) is 10.7 Å². The van der Waals surface area contributed by atoms with Crippen LogP contribution in [0.15, 0.2) is 41.4 Å². The summed E-state index contributed by atoms with van der Waals surface area (Å²) < 4.78 is 17.1. The number of aliphatic imine (C=N–C) groups is 1. The van der Waals surface area contributed by atoms with E-state index in [2.05, 4.69) is 11.1 Å². The van der Waals surface area contributed by atoms with Crippen molar-refractivity contribution in [3.8, 4) is 11.5 Å². The highest BCUT2D eigenvalue weighted by Crippen LogP contribution is 2.50. The topological polar surface area (TPSA) is 79.0 Å². The molecular formula is C19H19N3O3. The molecule has 4 heterocycles. The van der Waals surface area contributed by atoms with Gasteiger partial charge < -0.3 is 19.9 Å². The number of fused-ring (bicyclic) bond motifs is 4. The second kappa shape index (κ2) is 5.46. The van der Waals surface area contributed by atoms with E-state index in [0.717, 1.165) is 54.5 Å². The summed E-state index contributed by atoms with van der Waals surface area (Å²) in [5.74, 6) is 1.89. The Hall–Kier alpha value is -2.60. The molecule has 128 valence electrons. The fourth-order valence-corrected chi connectivity index (χ4v) is 3.89. The van der Waals surface area contributed by atoms with Crippen molar-refractivity contribution in [1.82, 2.24) is 4.98 Å². The van der Waals surface area contributed by atoms with Crippen LogP contribution in [0.4, 0.5) is 0 Å². The van der Waals surface area contributed by atoms with Crippen molar-refractivity contribution in [2.45, 2.75) is 24.3 Å². The first-order valence-corrected chi connectivity index (χ1v) is 8.61. The van der Waals surface area contributed by atoms with Gasteiger partial charge in [-0.2, -0.15) is 0 Å². The van der Waals surface area contributed by atoms with Gasteiger partial charge in [0, 0.05) is 30.4 Å². The predicted octanol–water partition coefficient (Wildman–Crippen LogP) is 2.67. The molecule has 2 aromatic rings. The first-order chi connectivity index (χ1) is 12.3. The van der Waals surface area contributed by atoms with E-state index in [4.69, 9.17) is 24.9 Å². The molecule has 5 rings (SSSR count). The normalized spacial score (nSPS) is 24.9. The second-order valence-corrected chi connectivity index (χ2v) is 6.67. The molecule has 0 bridgehead atoms. The Morgan fingerprint density at radius 1 is 1.04 bits per heavy atom. The average Bonchev–Trinajstić information content (AvgIpc) is 3.05. The van der Waals surface area contributed by atoms with E-state index in [1.807, 2.05) is 30.3 Å². The Kier molecular flexibility index (Phi) is 3.21. The van der Waals surface area contributed by atoms with Crippen molar-refractivity contribution in [2.75, 3.05) is 19.8 Å². The number of ether oxygens (including phenoxy) is 3. The van der Waals surface area contributed by atoms with E-state index in [1.165, 1.54) is 0 Å². The number of para-hydroxylation sites is 1. The number of pyridine rings is 1. The summed E-state index contributed by atoms with van der Waals surface area (Å²) in [6, 6.07) is 12.1. The van der Waals surface area contributed by atoms with Crippen LogP contribution in [0.25, 0.3) is 0 Å². The van der Waals surface area contributed by atoms with E-state index in [-0.39, 0.29) is 6.02 Å². The Labute approximate surface area is 145 Å². The molecule has 1 aromatic heterocycles. The van der Waals surface area contributed by atoms with Crippen LogP contribution in [0, 0.1) is 0 Å². The van der Waals surface area contributed by atoms with Gasteiger partial charge in [-0.05, 0) is 31.0 Å². The molecule has 0 saturated carbocycles. The van der Waals surface area contributed by atoms with Gasteiger partial charge in [-0.25, -0.2) is 4.99 Å². The zero-order valence-electron chi connectivity index (χ0n) is 13.8. The predicted molar refractivity (Wildman–Crippen MR) is 91.9 cm³/mol. The standard InChI is InChI=1S/C19H19N3O3/c20-18-22-19(11-24-18)13-3-1-2-4-15(13)25-16-6-5-14(21-17(16)19)12-7-9-23-10-8-12/h1-6,12H,7-11H2,(H2,20,22). The first kappa shape index (κ1) is 14.7. The minimum atomic E-state index is -0.727. The van der Waals surface area contributed by atoms with Crippen LogP contribution in [-0.2, 0) is 15.0 Å². The molecule has 6 heteroatoms. The molecule has 6 nitrogen and oxygen atoms in total. The highest BCUT2D eigenvalue weighted by Gasteiger charge is 2.48. The van der Waals surface area contributed by atoms with Crippen molar-refractivity contribution in [3.05, 3.63) is 53.3 Å². The zero-order valence-corrected chi connectivity index (χ0v) is 13.8. The fourth-order valence-electron chi connectivity index (χ4n) is 3.89. The molecular weight excluding hydrogens is 318 g/mol. The van der Waals surface area contributed by atoms with E-state index >= 15 is 0 Å². The van der Waals surface area contributed by atoms with E-state index in [0.29, 0.717) is 12.5 Å². The second-order valence-electron chi connectivity index (χ2n) is 6.67. The van der Waals surface area contributed by atoms with Crippen LogP contribution in [0.3, 0.4) is 0 Å². The van der Waals surface area contributed by atoms with Crippen molar-refractivity contribution >= 4 is 6.02 Å². The summed E-state index contributed by atoms with van der Waals surface area (Å²) in [5.41, 5.74) is 7.94. The lowest BCUT2D eigenvalue weighted by Crippen LogP contribution is -2.32. The summed E-state index contributed by atoms with van der Waals surface area (Å²) in [5, 5.41) is 0.